The van der Waals surface area contributed by atoms with Crippen molar-refractivity contribution in [1.29, 1.82) is 0 Å². The minimum Gasteiger partial charge on any atom is -0.444 e. The van der Waals surface area contributed by atoms with Gasteiger partial charge in [0.2, 0.25) is 5.89 Å². The molecule has 0 saturated heterocycles. The topological polar surface area (TPSA) is 38.1 Å². The van der Waals surface area contributed by atoms with Crippen LogP contribution in [0.5, 0.6) is 0 Å². The molecular formula is C12H22N2O. The fourth-order valence-corrected chi connectivity index (χ4v) is 1.28. The normalized spacial score (nSPS) is 14.2. The lowest BCUT2D eigenvalue weighted by Gasteiger charge is -2.26. The summed E-state index contributed by atoms with van der Waals surface area (Å²) in [5.74, 6) is 2.35. The van der Waals surface area contributed by atoms with Crippen LogP contribution in [0.3, 0.4) is 0 Å². The molecule has 0 bridgehead atoms. The molecule has 0 amide bonds. The Kier molecular flexibility index (Phi) is 3.91. The molecule has 3 nitrogen and oxygen atoms in total. The first-order valence-corrected chi connectivity index (χ1v) is 5.51. The van der Waals surface area contributed by atoms with Gasteiger partial charge in [-0.3, -0.25) is 0 Å². The van der Waals surface area contributed by atoms with Crippen molar-refractivity contribution in [1.82, 2.24) is 10.3 Å². The van der Waals surface area contributed by atoms with E-state index in [0.29, 0.717) is 17.9 Å². The van der Waals surface area contributed by atoms with Gasteiger partial charge in [0.05, 0.1) is 12.7 Å². The fraction of sp³-hybridized carbons (Fsp3) is 0.750. The average molecular weight is 210 g/mol. The maximum Gasteiger partial charge on any atom is 0.208 e. The molecule has 0 aliphatic heterocycles. The fourth-order valence-electron chi connectivity index (χ4n) is 1.28. The Morgan fingerprint density at radius 2 is 2.13 bits per heavy atom. The maximum absolute atomic E-state index is 5.62. The summed E-state index contributed by atoms with van der Waals surface area (Å²) in [4.78, 5) is 4.21. The Morgan fingerprint density at radius 1 is 1.47 bits per heavy atom. The molecule has 1 N–H and O–H groups in total. The van der Waals surface area contributed by atoms with Gasteiger partial charge in [-0.25, -0.2) is 4.98 Å². The molecule has 1 aromatic rings. The van der Waals surface area contributed by atoms with Crippen LogP contribution < -0.4 is 5.32 Å². The maximum atomic E-state index is 5.62. The summed E-state index contributed by atoms with van der Waals surface area (Å²) in [5.41, 5.74) is 0.315. The van der Waals surface area contributed by atoms with Crippen LogP contribution in [0.4, 0.5) is 0 Å². The monoisotopic (exact) mass is 210 g/mol. The lowest BCUT2D eigenvalue weighted by atomic mass is 9.80. The first-order valence-electron chi connectivity index (χ1n) is 5.51. The molecule has 15 heavy (non-hydrogen) atoms. The van der Waals surface area contributed by atoms with Crippen molar-refractivity contribution in [2.75, 3.05) is 7.05 Å². The van der Waals surface area contributed by atoms with Crippen LogP contribution in [0.15, 0.2) is 10.6 Å². The van der Waals surface area contributed by atoms with Crippen molar-refractivity contribution in [3.05, 3.63) is 17.8 Å². The van der Waals surface area contributed by atoms with Crippen molar-refractivity contribution in [2.45, 2.75) is 40.7 Å². The molecule has 86 valence electrons. The molecule has 1 unspecified atom stereocenters. The van der Waals surface area contributed by atoms with Gasteiger partial charge in [-0.15, -0.1) is 0 Å². The summed E-state index contributed by atoms with van der Waals surface area (Å²) < 4.78 is 5.62. The molecule has 1 heterocycles. The van der Waals surface area contributed by atoms with Crippen molar-refractivity contribution in [2.24, 2.45) is 11.3 Å². The van der Waals surface area contributed by atoms with Crippen LogP contribution in [0.25, 0.3) is 0 Å². The van der Waals surface area contributed by atoms with Gasteiger partial charge >= 0.3 is 0 Å². The largest absolute Gasteiger partial charge is 0.444 e. The first kappa shape index (κ1) is 12.2. The predicted octanol–water partition coefficient (Wildman–Crippen LogP) is 2.62. The Hall–Kier alpha value is -0.830. The number of hydrogen-bond donors (Lipinski definition) is 1. The summed E-state index contributed by atoms with van der Waals surface area (Å²) in [6.07, 6.45) is 2.80. The summed E-state index contributed by atoms with van der Waals surface area (Å²) in [6, 6.07) is 0. The molecule has 0 radical (unpaired) electrons. The van der Waals surface area contributed by atoms with Crippen LogP contribution in [0, 0.1) is 11.3 Å². The van der Waals surface area contributed by atoms with Crippen molar-refractivity contribution < 1.29 is 4.42 Å². The van der Waals surface area contributed by atoms with E-state index in [2.05, 4.69) is 38.0 Å². The molecule has 1 aromatic heterocycles. The third kappa shape index (κ3) is 3.67. The Balaban J connectivity index is 2.57. The second kappa shape index (κ2) is 4.79. The molecule has 3 heteroatoms. The molecule has 0 aromatic carbocycles. The lowest BCUT2D eigenvalue weighted by Crippen LogP contribution is -2.19. The van der Waals surface area contributed by atoms with Crippen LogP contribution in [-0.2, 0) is 13.0 Å². The summed E-state index contributed by atoms with van der Waals surface area (Å²) in [6.45, 7) is 9.71. The smallest absolute Gasteiger partial charge is 0.208 e. The predicted molar refractivity (Wildman–Crippen MR) is 61.6 cm³/mol. The zero-order valence-electron chi connectivity index (χ0n) is 10.4. The van der Waals surface area contributed by atoms with Gasteiger partial charge < -0.3 is 9.73 Å². The molecule has 1 atom stereocenters. The number of oxazole rings is 1. The Labute approximate surface area is 92.3 Å². The molecule has 0 saturated carbocycles. The van der Waals surface area contributed by atoms with Crippen molar-refractivity contribution in [3.63, 3.8) is 0 Å². The summed E-state index contributed by atoms with van der Waals surface area (Å²) in [5, 5.41) is 3.02. The van der Waals surface area contributed by atoms with Gasteiger partial charge in [-0.2, -0.15) is 0 Å². The number of nitrogens with zero attached hydrogens (tertiary/aromatic N) is 1. The Bertz CT molecular complexity index is 299. The van der Waals surface area contributed by atoms with E-state index < -0.39 is 0 Å². The van der Waals surface area contributed by atoms with E-state index in [0.717, 1.165) is 18.1 Å². The Morgan fingerprint density at radius 3 is 2.67 bits per heavy atom. The molecule has 0 aliphatic rings. The van der Waals surface area contributed by atoms with E-state index in [-0.39, 0.29) is 0 Å². The number of aromatic nitrogens is 1. The third-order valence-corrected chi connectivity index (χ3v) is 2.92. The van der Waals surface area contributed by atoms with Gasteiger partial charge in [0, 0.05) is 6.42 Å². The first-order chi connectivity index (χ1) is 6.93. The van der Waals surface area contributed by atoms with Crippen LogP contribution in [0.2, 0.25) is 0 Å². The van der Waals surface area contributed by atoms with E-state index >= 15 is 0 Å². The molecule has 0 aliphatic carbocycles. The van der Waals surface area contributed by atoms with E-state index in [1.807, 2.05) is 13.2 Å². The molecule has 1 rings (SSSR count). The molecule has 0 fully saturated rings. The highest BCUT2D eigenvalue weighted by Gasteiger charge is 2.21. The average Bonchev–Trinajstić information content (AvgIpc) is 2.51. The third-order valence-electron chi connectivity index (χ3n) is 2.92. The summed E-state index contributed by atoms with van der Waals surface area (Å²) >= 11 is 0. The van der Waals surface area contributed by atoms with Crippen LogP contribution >= 0.6 is 0 Å². The van der Waals surface area contributed by atoms with Crippen LogP contribution in [-0.4, -0.2) is 12.0 Å². The van der Waals surface area contributed by atoms with Gasteiger partial charge in [-0.1, -0.05) is 27.7 Å². The van der Waals surface area contributed by atoms with E-state index in [1.165, 1.54) is 0 Å². The van der Waals surface area contributed by atoms with Gasteiger partial charge in [0.1, 0.15) is 5.76 Å². The highest BCUT2D eigenvalue weighted by Crippen LogP contribution is 2.28. The zero-order chi connectivity index (χ0) is 11.5. The highest BCUT2D eigenvalue weighted by molar-refractivity contribution is 4.96. The quantitative estimate of drug-likeness (QED) is 0.830. The molecular weight excluding hydrogens is 188 g/mol. The highest BCUT2D eigenvalue weighted by atomic mass is 16.4. The summed E-state index contributed by atoms with van der Waals surface area (Å²) in [7, 11) is 1.89. The van der Waals surface area contributed by atoms with E-state index in [1.54, 1.807) is 0 Å². The number of rotatable bonds is 4. The van der Waals surface area contributed by atoms with E-state index in [4.69, 9.17) is 4.42 Å². The second-order valence-electron chi connectivity index (χ2n) is 5.22. The van der Waals surface area contributed by atoms with E-state index in [9.17, 15) is 0 Å². The standard InChI is InChI=1S/C12H22N2O/c1-9(12(2,3)4)6-10-7-14-11(15-10)8-13-5/h7,9,13H,6,8H2,1-5H3. The lowest BCUT2D eigenvalue weighted by molar-refractivity contribution is 0.246. The van der Waals surface area contributed by atoms with Crippen molar-refractivity contribution in [3.8, 4) is 0 Å². The van der Waals surface area contributed by atoms with Gasteiger partial charge in [-0.05, 0) is 18.4 Å². The number of hydrogen-bond acceptors (Lipinski definition) is 3. The molecule has 0 spiro atoms. The number of nitrogens with one attached hydrogen (secondary N) is 1. The minimum absolute atomic E-state index is 0.315. The van der Waals surface area contributed by atoms with Gasteiger partial charge in [0.25, 0.3) is 0 Å². The van der Waals surface area contributed by atoms with Crippen molar-refractivity contribution >= 4 is 0 Å². The zero-order valence-corrected chi connectivity index (χ0v) is 10.4. The second-order valence-corrected chi connectivity index (χ2v) is 5.22. The SMILES string of the molecule is CNCc1ncc(CC(C)C(C)(C)C)o1. The van der Waals surface area contributed by atoms with Gasteiger partial charge in [0.15, 0.2) is 0 Å². The van der Waals surface area contributed by atoms with Crippen LogP contribution in [0.1, 0.15) is 39.3 Å². The minimum atomic E-state index is 0.315.